The van der Waals surface area contributed by atoms with Gasteiger partial charge in [0.2, 0.25) is 5.91 Å². The van der Waals surface area contributed by atoms with Crippen LogP contribution in [0.2, 0.25) is 0 Å². The lowest BCUT2D eigenvalue weighted by Gasteiger charge is -2.33. The molecule has 0 bridgehead atoms. The van der Waals surface area contributed by atoms with Crippen LogP contribution in [-0.2, 0) is 4.79 Å². The van der Waals surface area contributed by atoms with Gasteiger partial charge in [-0.05, 0) is 37.8 Å². The average Bonchev–Trinajstić information content (AvgIpc) is 2.27. The summed E-state index contributed by atoms with van der Waals surface area (Å²) in [5.41, 5.74) is 0.247. The molecule has 0 fully saturated rings. The summed E-state index contributed by atoms with van der Waals surface area (Å²) in [7, 11) is 0. The van der Waals surface area contributed by atoms with E-state index in [2.05, 4.69) is 45.3 Å². The number of halogens is 1. The molecule has 1 amide bonds. The molecule has 0 heterocycles. The average molecular weight is 280 g/mol. The van der Waals surface area contributed by atoms with Gasteiger partial charge in [-0.1, -0.05) is 32.9 Å². The van der Waals surface area contributed by atoms with Gasteiger partial charge in [0.25, 0.3) is 0 Å². The number of anilines is 1. The third kappa shape index (κ3) is 6.15. The van der Waals surface area contributed by atoms with Crippen LogP contribution in [0.15, 0.2) is 24.3 Å². The van der Waals surface area contributed by atoms with E-state index in [0.29, 0.717) is 0 Å². The van der Waals surface area contributed by atoms with Gasteiger partial charge in [0, 0.05) is 5.54 Å². The largest absolute Gasteiger partial charge is 0.322 e. The molecular formula is C16H25FN2O. The minimum atomic E-state index is -0.421. The van der Waals surface area contributed by atoms with Gasteiger partial charge < -0.3 is 10.6 Å². The number of carbonyl (C=O) groups excluding carboxylic acids is 1. The van der Waals surface area contributed by atoms with Crippen LogP contribution in [0.4, 0.5) is 10.1 Å². The smallest absolute Gasteiger partial charge is 0.238 e. The fourth-order valence-corrected chi connectivity index (χ4v) is 2.46. The SMILES string of the molecule is CC(C)(C)CC(C)(C)NCC(=O)Nc1ccccc1F. The Morgan fingerprint density at radius 2 is 1.75 bits per heavy atom. The second kappa shape index (κ2) is 6.35. The maximum Gasteiger partial charge on any atom is 0.238 e. The molecule has 0 aliphatic rings. The van der Waals surface area contributed by atoms with Crippen LogP contribution < -0.4 is 10.6 Å². The van der Waals surface area contributed by atoms with Crippen molar-refractivity contribution in [3.05, 3.63) is 30.1 Å². The van der Waals surface area contributed by atoms with Crippen molar-refractivity contribution in [2.24, 2.45) is 5.41 Å². The highest BCUT2D eigenvalue weighted by atomic mass is 19.1. The minimum absolute atomic E-state index is 0.148. The predicted octanol–water partition coefficient (Wildman–Crippen LogP) is 3.57. The van der Waals surface area contributed by atoms with Crippen molar-refractivity contribution >= 4 is 11.6 Å². The molecular weight excluding hydrogens is 255 g/mol. The van der Waals surface area contributed by atoms with E-state index < -0.39 is 5.82 Å². The minimum Gasteiger partial charge on any atom is -0.322 e. The Morgan fingerprint density at radius 1 is 1.15 bits per heavy atom. The number of hydrogen-bond acceptors (Lipinski definition) is 2. The topological polar surface area (TPSA) is 41.1 Å². The lowest BCUT2D eigenvalue weighted by Crippen LogP contribution is -2.45. The van der Waals surface area contributed by atoms with Crippen molar-refractivity contribution in [1.82, 2.24) is 5.32 Å². The first-order chi connectivity index (χ1) is 9.09. The molecule has 0 radical (unpaired) electrons. The van der Waals surface area contributed by atoms with Gasteiger partial charge in [0.15, 0.2) is 0 Å². The highest BCUT2D eigenvalue weighted by Gasteiger charge is 2.25. The van der Waals surface area contributed by atoms with E-state index in [9.17, 15) is 9.18 Å². The zero-order valence-electron chi connectivity index (χ0n) is 13.0. The summed E-state index contributed by atoms with van der Waals surface area (Å²) < 4.78 is 13.4. The van der Waals surface area contributed by atoms with E-state index in [4.69, 9.17) is 0 Å². The van der Waals surface area contributed by atoms with Gasteiger partial charge >= 0.3 is 0 Å². The van der Waals surface area contributed by atoms with Gasteiger partial charge in [-0.2, -0.15) is 0 Å². The number of hydrogen-bond donors (Lipinski definition) is 2. The maximum absolute atomic E-state index is 13.4. The third-order valence-electron chi connectivity index (χ3n) is 2.85. The van der Waals surface area contributed by atoms with E-state index in [1.165, 1.54) is 6.07 Å². The van der Waals surface area contributed by atoms with E-state index in [1.807, 2.05) is 0 Å². The van der Waals surface area contributed by atoms with Crippen LogP contribution in [0.5, 0.6) is 0 Å². The first-order valence-corrected chi connectivity index (χ1v) is 6.88. The summed E-state index contributed by atoms with van der Waals surface area (Å²) in [6.07, 6.45) is 0.937. The molecule has 112 valence electrons. The summed E-state index contributed by atoms with van der Waals surface area (Å²) in [5, 5.41) is 5.79. The normalized spacial score (nSPS) is 12.3. The Hall–Kier alpha value is -1.42. The van der Waals surface area contributed by atoms with Crippen LogP contribution >= 0.6 is 0 Å². The number of rotatable bonds is 5. The van der Waals surface area contributed by atoms with E-state index in [1.54, 1.807) is 18.2 Å². The van der Waals surface area contributed by atoms with Crippen molar-refractivity contribution in [3.63, 3.8) is 0 Å². The molecule has 0 atom stereocenters. The first-order valence-electron chi connectivity index (χ1n) is 6.88. The lowest BCUT2D eigenvalue weighted by atomic mass is 9.82. The molecule has 1 aromatic carbocycles. The van der Waals surface area contributed by atoms with Crippen molar-refractivity contribution in [2.45, 2.75) is 46.6 Å². The first kappa shape index (κ1) is 16.6. The molecule has 0 saturated carbocycles. The molecule has 0 saturated heterocycles. The molecule has 0 aliphatic heterocycles. The molecule has 1 rings (SSSR count). The molecule has 0 spiro atoms. The zero-order valence-corrected chi connectivity index (χ0v) is 13.0. The molecule has 0 aliphatic carbocycles. The van der Waals surface area contributed by atoms with Gasteiger partial charge in [-0.15, -0.1) is 0 Å². The van der Waals surface area contributed by atoms with E-state index in [0.717, 1.165) is 6.42 Å². The Labute approximate surface area is 121 Å². The number of benzene rings is 1. The quantitative estimate of drug-likeness (QED) is 0.865. The standard InChI is InChI=1S/C16H25FN2O/c1-15(2,3)11-16(4,5)18-10-14(20)19-13-9-7-6-8-12(13)17/h6-9,18H,10-11H2,1-5H3,(H,19,20). The molecule has 3 nitrogen and oxygen atoms in total. The number of para-hydroxylation sites is 1. The van der Waals surface area contributed by atoms with Crippen LogP contribution in [0.1, 0.15) is 41.0 Å². The second-order valence-electron chi connectivity index (χ2n) is 7.00. The monoisotopic (exact) mass is 280 g/mol. The van der Waals surface area contributed by atoms with Gasteiger partial charge in [0.1, 0.15) is 5.82 Å². The van der Waals surface area contributed by atoms with Crippen molar-refractivity contribution < 1.29 is 9.18 Å². The summed E-state index contributed by atoms with van der Waals surface area (Å²) >= 11 is 0. The van der Waals surface area contributed by atoms with Crippen LogP contribution in [-0.4, -0.2) is 18.0 Å². The molecule has 20 heavy (non-hydrogen) atoms. The summed E-state index contributed by atoms with van der Waals surface area (Å²) in [4.78, 5) is 11.8. The summed E-state index contributed by atoms with van der Waals surface area (Å²) in [5.74, 6) is -0.660. The van der Waals surface area contributed by atoms with Crippen molar-refractivity contribution in [2.75, 3.05) is 11.9 Å². The fourth-order valence-electron chi connectivity index (χ4n) is 2.46. The number of carbonyl (C=O) groups is 1. The van der Waals surface area contributed by atoms with Crippen LogP contribution in [0.25, 0.3) is 0 Å². The Balaban J connectivity index is 2.50. The molecule has 2 N–H and O–H groups in total. The Bertz CT molecular complexity index is 464. The van der Waals surface area contributed by atoms with Crippen molar-refractivity contribution in [3.8, 4) is 0 Å². The number of amides is 1. The van der Waals surface area contributed by atoms with Crippen LogP contribution in [0, 0.1) is 11.2 Å². The van der Waals surface area contributed by atoms with Crippen molar-refractivity contribution in [1.29, 1.82) is 0 Å². The predicted molar refractivity (Wildman–Crippen MR) is 81.2 cm³/mol. The number of nitrogens with one attached hydrogen (secondary N) is 2. The fraction of sp³-hybridized carbons (Fsp3) is 0.562. The van der Waals surface area contributed by atoms with Gasteiger partial charge in [-0.25, -0.2) is 4.39 Å². The molecule has 0 unspecified atom stereocenters. The molecule has 4 heteroatoms. The molecule has 0 aromatic heterocycles. The lowest BCUT2D eigenvalue weighted by molar-refractivity contribution is -0.115. The zero-order chi connectivity index (χ0) is 15.4. The van der Waals surface area contributed by atoms with E-state index in [-0.39, 0.29) is 29.1 Å². The Kier molecular flexibility index (Phi) is 5.28. The highest BCUT2D eigenvalue weighted by Crippen LogP contribution is 2.26. The maximum atomic E-state index is 13.4. The van der Waals surface area contributed by atoms with Gasteiger partial charge in [-0.3, -0.25) is 4.79 Å². The second-order valence-corrected chi connectivity index (χ2v) is 7.00. The highest BCUT2D eigenvalue weighted by molar-refractivity contribution is 5.92. The van der Waals surface area contributed by atoms with Crippen LogP contribution in [0.3, 0.4) is 0 Å². The summed E-state index contributed by atoms with van der Waals surface area (Å²) in [6.45, 7) is 10.8. The van der Waals surface area contributed by atoms with Gasteiger partial charge in [0.05, 0.1) is 12.2 Å². The molecule has 1 aromatic rings. The summed E-state index contributed by atoms with van der Waals surface area (Å²) in [6, 6.07) is 6.16. The Morgan fingerprint density at radius 3 is 2.30 bits per heavy atom. The van der Waals surface area contributed by atoms with E-state index >= 15 is 0 Å². The third-order valence-corrected chi connectivity index (χ3v) is 2.85.